The van der Waals surface area contributed by atoms with Crippen molar-refractivity contribution in [3.8, 4) is 0 Å². The second kappa shape index (κ2) is 8.75. The Balaban J connectivity index is 1.57. The van der Waals surface area contributed by atoms with Crippen LogP contribution < -0.4 is 4.72 Å². The van der Waals surface area contributed by atoms with Crippen molar-refractivity contribution in [2.75, 3.05) is 19.4 Å². The number of ether oxygens (including phenoxy) is 1. The number of aromatic nitrogens is 1. The summed E-state index contributed by atoms with van der Waals surface area (Å²) in [6.07, 6.45) is 11.2. The third-order valence-corrected chi connectivity index (χ3v) is 6.48. The Labute approximate surface area is 162 Å². The van der Waals surface area contributed by atoms with Crippen molar-refractivity contribution in [2.45, 2.75) is 69.7 Å². The minimum Gasteiger partial charge on any atom is -0.376 e. The zero-order chi connectivity index (χ0) is 19.4. The van der Waals surface area contributed by atoms with Crippen molar-refractivity contribution in [1.82, 2.24) is 14.2 Å². The van der Waals surface area contributed by atoms with Crippen molar-refractivity contribution >= 4 is 15.9 Å². The van der Waals surface area contributed by atoms with Crippen LogP contribution in [0.4, 0.5) is 0 Å². The number of nitrogens with one attached hydrogen (secondary N) is 1. The van der Waals surface area contributed by atoms with E-state index in [1.807, 2.05) is 0 Å². The molecule has 2 heterocycles. The Morgan fingerprint density at radius 1 is 1.15 bits per heavy atom. The van der Waals surface area contributed by atoms with Crippen LogP contribution in [-0.4, -0.2) is 61.4 Å². The molecule has 0 radical (unpaired) electrons. The van der Waals surface area contributed by atoms with Crippen molar-refractivity contribution in [3.05, 3.63) is 24.5 Å². The first kappa shape index (κ1) is 20.4. The fourth-order valence-corrected chi connectivity index (χ4v) is 5.23. The summed E-state index contributed by atoms with van der Waals surface area (Å²) in [5.74, 6) is -0.0279. The van der Waals surface area contributed by atoms with Gasteiger partial charge in [0.2, 0.25) is 15.9 Å². The van der Waals surface area contributed by atoms with Crippen LogP contribution in [0, 0.1) is 0 Å². The summed E-state index contributed by atoms with van der Waals surface area (Å²) in [5, 5.41) is 0. The first-order valence-corrected chi connectivity index (χ1v) is 11.7. The molecule has 8 heteroatoms. The molecule has 1 aliphatic carbocycles. The topological polar surface area (TPSA) is 80.6 Å². The second-order valence-electron chi connectivity index (χ2n) is 7.81. The summed E-state index contributed by atoms with van der Waals surface area (Å²) >= 11 is 0. The number of sulfonamides is 1. The number of amides is 1. The molecule has 2 aliphatic rings. The van der Waals surface area contributed by atoms with Gasteiger partial charge in [0.05, 0.1) is 25.0 Å². The fourth-order valence-electron chi connectivity index (χ4n) is 4.40. The van der Waals surface area contributed by atoms with Gasteiger partial charge in [-0.1, -0.05) is 0 Å². The molecule has 27 heavy (non-hydrogen) atoms. The summed E-state index contributed by atoms with van der Waals surface area (Å²) in [5.41, 5.74) is 0. The van der Waals surface area contributed by atoms with E-state index >= 15 is 0 Å². The van der Waals surface area contributed by atoms with Gasteiger partial charge in [0.25, 0.3) is 0 Å². The van der Waals surface area contributed by atoms with Crippen LogP contribution in [0.5, 0.6) is 0 Å². The minimum atomic E-state index is -3.33. The van der Waals surface area contributed by atoms with Gasteiger partial charge in [-0.05, 0) is 50.7 Å². The molecule has 1 saturated heterocycles. The van der Waals surface area contributed by atoms with Crippen LogP contribution in [0.25, 0.3) is 0 Å². The summed E-state index contributed by atoms with van der Waals surface area (Å²) in [7, 11) is -3.33. The summed E-state index contributed by atoms with van der Waals surface area (Å²) < 4.78 is 34.6. The normalized spacial score (nSPS) is 29.6. The van der Waals surface area contributed by atoms with Gasteiger partial charge in [-0.15, -0.1) is 0 Å². The van der Waals surface area contributed by atoms with E-state index in [1.165, 1.54) is 13.2 Å². The zero-order valence-electron chi connectivity index (χ0n) is 16.2. The van der Waals surface area contributed by atoms with Crippen LogP contribution in [0.1, 0.15) is 51.5 Å². The molecule has 0 spiro atoms. The highest BCUT2D eigenvalue weighted by atomic mass is 32.2. The molecule has 1 aliphatic heterocycles. The Kier molecular flexibility index (Phi) is 6.60. The van der Waals surface area contributed by atoms with Gasteiger partial charge in [-0.2, -0.15) is 0 Å². The van der Waals surface area contributed by atoms with Gasteiger partial charge in [-0.3, -0.25) is 4.79 Å². The fraction of sp³-hybridized carbons (Fsp3) is 0.737. The molecule has 2 fully saturated rings. The van der Waals surface area contributed by atoms with Crippen molar-refractivity contribution in [1.29, 1.82) is 0 Å². The molecular formula is C19H31N3O4S. The number of hydrogen-bond acceptors (Lipinski definition) is 4. The molecule has 1 aromatic rings. The number of nitrogens with zero attached hydrogens (tertiary/aromatic N) is 2. The molecule has 0 bridgehead atoms. The average Bonchev–Trinajstić information content (AvgIpc) is 3.14. The highest BCUT2D eigenvalue weighted by Gasteiger charge is 2.35. The molecule has 1 amide bonds. The van der Waals surface area contributed by atoms with Crippen LogP contribution in [0.15, 0.2) is 24.5 Å². The summed E-state index contributed by atoms with van der Waals surface area (Å²) in [4.78, 5) is 13.8. The predicted molar refractivity (Wildman–Crippen MR) is 104 cm³/mol. The van der Waals surface area contributed by atoms with Crippen molar-refractivity contribution < 1.29 is 17.9 Å². The molecule has 2 atom stereocenters. The highest BCUT2D eigenvalue weighted by molar-refractivity contribution is 7.88. The van der Waals surface area contributed by atoms with Gasteiger partial charge in [-0.25, -0.2) is 13.1 Å². The lowest BCUT2D eigenvalue weighted by Crippen LogP contribution is -2.58. The van der Waals surface area contributed by atoms with E-state index in [0.29, 0.717) is 19.2 Å². The smallest absolute Gasteiger partial charge is 0.219 e. The minimum absolute atomic E-state index is 0.0279. The maximum absolute atomic E-state index is 12.0. The van der Waals surface area contributed by atoms with Crippen LogP contribution in [0.3, 0.4) is 0 Å². The monoisotopic (exact) mass is 397 g/mol. The van der Waals surface area contributed by atoms with Gasteiger partial charge in [0, 0.05) is 37.9 Å². The maximum atomic E-state index is 12.0. The Bertz CT molecular complexity index is 711. The Morgan fingerprint density at radius 2 is 1.81 bits per heavy atom. The molecule has 1 N–H and O–H groups in total. The number of carbonyl (C=O) groups is 1. The third-order valence-electron chi connectivity index (χ3n) is 5.74. The van der Waals surface area contributed by atoms with Crippen LogP contribution >= 0.6 is 0 Å². The summed E-state index contributed by atoms with van der Waals surface area (Å²) in [6, 6.07) is 4.11. The Morgan fingerprint density at radius 3 is 2.41 bits per heavy atom. The van der Waals surface area contributed by atoms with Crippen molar-refractivity contribution in [2.24, 2.45) is 0 Å². The zero-order valence-corrected chi connectivity index (χ0v) is 17.0. The molecule has 0 unspecified atom stereocenters. The number of hydrogen-bond donors (Lipinski definition) is 1. The second-order valence-corrected chi connectivity index (χ2v) is 9.59. The van der Waals surface area contributed by atoms with E-state index < -0.39 is 10.0 Å². The van der Waals surface area contributed by atoms with Gasteiger partial charge < -0.3 is 14.2 Å². The quantitative estimate of drug-likeness (QED) is 0.795. The molecule has 7 nitrogen and oxygen atoms in total. The molecular weight excluding hydrogens is 366 g/mol. The third kappa shape index (κ3) is 5.56. The number of likely N-dealkylation sites (tertiary alicyclic amines) is 1. The van der Waals surface area contributed by atoms with Gasteiger partial charge in [0.15, 0.2) is 0 Å². The van der Waals surface area contributed by atoms with Gasteiger partial charge in [0.1, 0.15) is 0 Å². The SMILES string of the molecule is CC(=O)N1CCC[C@H](NS(C)(=O)=O)[C@@H]1COC1CCC(n2cccc2)CC1. The van der Waals surface area contributed by atoms with E-state index in [9.17, 15) is 13.2 Å². The highest BCUT2D eigenvalue weighted by Crippen LogP contribution is 2.30. The lowest BCUT2D eigenvalue weighted by Gasteiger charge is -2.41. The molecule has 152 valence electrons. The lowest BCUT2D eigenvalue weighted by atomic mass is 9.92. The molecule has 0 aromatic carbocycles. The predicted octanol–water partition coefficient (Wildman–Crippen LogP) is 1.92. The molecule has 1 saturated carbocycles. The maximum Gasteiger partial charge on any atom is 0.219 e. The van der Waals surface area contributed by atoms with E-state index in [4.69, 9.17) is 4.74 Å². The van der Waals surface area contributed by atoms with Gasteiger partial charge >= 0.3 is 0 Å². The standard InChI is InChI=1S/C19H31N3O4S/c1-15(23)22-13-5-6-18(20-27(2,24)25)19(22)14-26-17-9-7-16(8-10-17)21-11-3-4-12-21/h3-4,11-12,16-20H,5-10,13-14H2,1-2H3/t16?,17?,18-,19-/m0/s1. The largest absolute Gasteiger partial charge is 0.376 e. The van der Waals surface area contributed by atoms with Crippen molar-refractivity contribution in [3.63, 3.8) is 0 Å². The van der Waals surface area contributed by atoms with E-state index in [1.54, 1.807) is 4.90 Å². The Hall–Kier alpha value is -1.38. The number of carbonyl (C=O) groups excluding carboxylic acids is 1. The first-order chi connectivity index (χ1) is 12.8. The number of piperidine rings is 1. The lowest BCUT2D eigenvalue weighted by molar-refractivity contribution is -0.136. The van der Waals surface area contributed by atoms with E-state index in [-0.39, 0.29) is 24.1 Å². The van der Waals surface area contributed by atoms with E-state index in [0.717, 1.165) is 38.5 Å². The van der Waals surface area contributed by atoms with Crippen LogP contribution in [0.2, 0.25) is 0 Å². The summed E-state index contributed by atoms with van der Waals surface area (Å²) in [6.45, 7) is 2.58. The average molecular weight is 398 g/mol. The first-order valence-electron chi connectivity index (χ1n) is 9.82. The molecule has 3 rings (SSSR count). The van der Waals surface area contributed by atoms with E-state index in [2.05, 4.69) is 33.8 Å². The van der Waals surface area contributed by atoms with Crippen LogP contribution in [-0.2, 0) is 19.6 Å². The number of rotatable bonds is 6. The molecule has 1 aromatic heterocycles.